The third-order valence-electron chi connectivity index (χ3n) is 4.42. The number of benzene rings is 1. The number of hydrogen-bond acceptors (Lipinski definition) is 4. The molecule has 0 bridgehead atoms. The van der Waals surface area contributed by atoms with Gasteiger partial charge in [0.1, 0.15) is 12.7 Å². The Balaban J connectivity index is 1.58. The Morgan fingerprint density at radius 2 is 2.13 bits per heavy atom. The van der Waals surface area contributed by atoms with Crippen LogP contribution >= 0.6 is 0 Å². The summed E-state index contributed by atoms with van der Waals surface area (Å²) in [5, 5.41) is 10.6. The molecule has 1 aromatic heterocycles. The minimum absolute atomic E-state index is 0.0251. The van der Waals surface area contributed by atoms with E-state index in [2.05, 4.69) is 34.3 Å². The lowest BCUT2D eigenvalue weighted by Gasteiger charge is -2.20. The molecule has 0 radical (unpaired) electrons. The highest BCUT2D eigenvalue weighted by atomic mass is 16.1. The van der Waals surface area contributed by atoms with E-state index in [0.29, 0.717) is 17.5 Å². The third kappa shape index (κ3) is 3.76. The molecule has 1 fully saturated rings. The minimum atomic E-state index is -0.0251. The van der Waals surface area contributed by atoms with Crippen LogP contribution in [0.4, 0.5) is 0 Å². The predicted octanol–water partition coefficient (Wildman–Crippen LogP) is 1.73. The van der Waals surface area contributed by atoms with Crippen LogP contribution in [0.15, 0.2) is 36.9 Å². The van der Waals surface area contributed by atoms with Crippen LogP contribution in [0.25, 0.3) is 5.69 Å². The number of rotatable bonds is 5. The van der Waals surface area contributed by atoms with Gasteiger partial charge >= 0.3 is 0 Å². The summed E-state index contributed by atoms with van der Waals surface area (Å²) in [6, 6.07) is 8.07. The summed E-state index contributed by atoms with van der Waals surface area (Å²) in [7, 11) is 0. The van der Waals surface area contributed by atoms with E-state index in [1.165, 1.54) is 0 Å². The van der Waals surface area contributed by atoms with Gasteiger partial charge in [-0.05, 0) is 50.9 Å². The lowest BCUT2D eigenvalue weighted by atomic mass is 10.1. The molecule has 1 N–H and O–H groups in total. The van der Waals surface area contributed by atoms with Gasteiger partial charge in [-0.1, -0.05) is 6.07 Å². The molecule has 2 aromatic rings. The van der Waals surface area contributed by atoms with Crippen molar-refractivity contribution in [3.63, 3.8) is 0 Å². The molecule has 1 aliphatic heterocycles. The first-order valence-corrected chi connectivity index (χ1v) is 8.11. The Hall–Kier alpha value is -2.21. The fraction of sp³-hybridized carbons (Fsp3) is 0.471. The van der Waals surface area contributed by atoms with Gasteiger partial charge in [0.25, 0.3) is 5.91 Å². The first-order valence-electron chi connectivity index (χ1n) is 8.11. The average molecular weight is 313 g/mol. The molecule has 0 spiro atoms. The van der Waals surface area contributed by atoms with E-state index in [-0.39, 0.29) is 5.91 Å². The Morgan fingerprint density at radius 1 is 1.35 bits per heavy atom. The second-order valence-electron chi connectivity index (χ2n) is 6.37. The Bertz CT molecular complexity index is 653. The van der Waals surface area contributed by atoms with Crippen LogP contribution in [0.5, 0.6) is 0 Å². The van der Waals surface area contributed by atoms with Crippen LogP contribution in [-0.2, 0) is 0 Å². The number of carbonyl (C=O) groups excluding carboxylic acids is 1. The fourth-order valence-electron chi connectivity index (χ4n) is 2.98. The van der Waals surface area contributed by atoms with Crippen LogP contribution < -0.4 is 5.32 Å². The number of carbonyl (C=O) groups is 1. The minimum Gasteiger partial charge on any atom is -0.352 e. The number of nitrogens with zero attached hydrogens (tertiary/aromatic N) is 4. The normalized spacial score (nSPS) is 18.5. The van der Waals surface area contributed by atoms with Crippen molar-refractivity contribution < 1.29 is 4.79 Å². The molecule has 2 heterocycles. The lowest BCUT2D eigenvalue weighted by molar-refractivity contribution is 0.0947. The van der Waals surface area contributed by atoms with Gasteiger partial charge in [-0.25, -0.2) is 0 Å². The first-order chi connectivity index (χ1) is 11.1. The van der Waals surface area contributed by atoms with E-state index in [1.54, 1.807) is 17.2 Å². The summed E-state index contributed by atoms with van der Waals surface area (Å²) in [4.78, 5) is 14.8. The highest BCUT2D eigenvalue weighted by Gasteiger charge is 2.24. The Kier molecular flexibility index (Phi) is 4.71. The van der Waals surface area contributed by atoms with Gasteiger partial charge in [0.2, 0.25) is 0 Å². The second kappa shape index (κ2) is 6.91. The van der Waals surface area contributed by atoms with E-state index in [4.69, 9.17) is 0 Å². The summed E-state index contributed by atoms with van der Waals surface area (Å²) in [5.41, 5.74) is 1.55. The standard InChI is InChI=1S/C17H23N5O/c1-13(2)21-7-6-14(10-21)9-18-17(23)15-4-3-5-16(8-15)22-11-19-20-12-22/h3-5,8,11-14H,6-7,9-10H2,1-2H3,(H,18,23). The third-order valence-corrected chi connectivity index (χ3v) is 4.42. The van der Waals surface area contributed by atoms with Crippen LogP contribution in [0.2, 0.25) is 0 Å². The second-order valence-corrected chi connectivity index (χ2v) is 6.37. The van der Waals surface area contributed by atoms with Crippen LogP contribution in [0.3, 0.4) is 0 Å². The highest BCUT2D eigenvalue weighted by Crippen LogP contribution is 2.18. The average Bonchev–Trinajstić information content (AvgIpc) is 3.24. The monoisotopic (exact) mass is 313 g/mol. The molecule has 6 nitrogen and oxygen atoms in total. The molecule has 1 aliphatic rings. The van der Waals surface area contributed by atoms with Gasteiger partial charge in [0.15, 0.2) is 0 Å². The van der Waals surface area contributed by atoms with Gasteiger partial charge < -0.3 is 10.2 Å². The van der Waals surface area contributed by atoms with Crippen molar-refractivity contribution in [2.75, 3.05) is 19.6 Å². The topological polar surface area (TPSA) is 63.1 Å². The zero-order valence-corrected chi connectivity index (χ0v) is 13.6. The number of hydrogen-bond donors (Lipinski definition) is 1. The Morgan fingerprint density at radius 3 is 2.83 bits per heavy atom. The number of likely N-dealkylation sites (tertiary alicyclic amines) is 1. The molecule has 0 aliphatic carbocycles. The smallest absolute Gasteiger partial charge is 0.251 e. The molecular weight excluding hydrogens is 290 g/mol. The number of nitrogens with one attached hydrogen (secondary N) is 1. The van der Waals surface area contributed by atoms with E-state index < -0.39 is 0 Å². The summed E-state index contributed by atoms with van der Waals surface area (Å²) in [5.74, 6) is 0.519. The predicted molar refractivity (Wildman–Crippen MR) is 88.5 cm³/mol. The van der Waals surface area contributed by atoms with Crippen molar-refractivity contribution in [1.82, 2.24) is 25.0 Å². The molecule has 3 rings (SSSR count). The van der Waals surface area contributed by atoms with Crippen molar-refractivity contribution in [3.05, 3.63) is 42.5 Å². The molecule has 1 saturated heterocycles. The molecule has 1 unspecified atom stereocenters. The summed E-state index contributed by atoms with van der Waals surface area (Å²) in [6.45, 7) is 7.37. The maximum atomic E-state index is 12.4. The maximum absolute atomic E-state index is 12.4. The zero-order valence-electron chi connectivity index (χ0n) is 13.6. The molecule has 122 valence electrons. The van der Waals surface area contributed by atoms with E-state index in [1.807, 2.05) is 24.3 Å². The highest BCUT2D eigenvalue weighted by molar-refractivity contribution is 5.94. The van der Waals surface area contributed by atoms with E-state index >= 15 is 0 Å². The fourth-order valence-corrected chi connectivity index (χ4v) is 2.98. The summed E-state index contributed by atoms with van der Waals surface area (Å²) >= 11 is 0. The van der Waals surface area contributed by atoms with Crippen molar-refractivity contribution in [1.29, 1.82) is 0 Å². The first kappa shape index (κ1) is 15.7. The maximum Gasteiger partial charge on any atom is 0.251 e. The quantitative estimate of drug-likeness (QED) is 0.913. The van der Waals surface area contributed by atoms with Crippen LogP contribution in [0, 0.1) is 5.92 Å². The molecule has 6 heteroatoms. The number of aromatic nitrogens is 3. The summed E-state index contributed by atoms with van der Waals surface area (Å²) < 4.78 is 1.79. The van der Waals surface area contributed by atoms with Gasteiger partial charge in [-0.2, -0.15) is 0 Å². The van der Waals surface area contributed by atoms with E-state index in [9.17, 15) is 4.79 Å². The van der Waals surface area contributed by atoms with Gasteiger partial charge in [-0.3, -0.25) is 9.36 Å². The molecule has 1 amide bonds. The molecule has 1 aromatic carbocycles. The Labute approximate surface area is 136 Å². The summed E-state index contributed by atoms with van der Waals surface area (Å²) in [6.07, 6.45) is 4.39. The molecule has 0 saturated carbocycles. The largest absolute Gasteiger partial charge is 0.352 e. The molecule has 23 heavy (non-hydrogen) atoms. The lowest BCUT2D eigenvalue weighted by Crippen LogP contribution is -2.33. The van der Waals surface area contributed by atoms with Gasteiger partial charge in [0.05, 0.1) is 0 Å². The van der Waals surface area contributed by atoms with Gasteiger partial charge in [-0.15, -0.1) is 10.2 Å². The van der Waals surface area contributed by atoms with Crippen molar-refractivity contribution >= 4 is 5.91 Å². The zero-order chi connectivity index (χ0) is 16.2. The van der Waals surface area contributed by atoms with Crippen LogP contribution in [-0.4, -0.2) is 51.2 Å². The van der Waals surface area contributed by atoms with E-state index in [0.717, 1.165) is 31.7 Å². The molecular formula is C17H23N5O. The van der Waals surface area contributed by atoms with Crippen molar-refractivity contribution in [2.24, 2.45) is 5.92 Å². The molecule has 1 atom stereocenters. The van der Waals surface area contributed by atoms with Crippen molar-refractivity contribution in [3.8, 4) is 5.69 Å². The number of amides is 1. The van der Waals surface area contributed by atoms with Crippen molar-refractivity contribution in [2.45, 2.75) is 26.3 Å². The van der Waals surface area contributed by atoms with Crippen LogP contribution in [0.1, 0.15) is 30.6 Å². The SMILES string of the molecule is CC(C)N1CCC(CNC(=O)c2cccc(-n3cnnc3)c2)C1. The van der Waals surface area contributed by atoms with Gasteiger partial charge in [0, 0.05) is 30.4 Å².